The Morgan fingerprint density at radius 1 is 1.28 bits per heavy atom. The Kier molecular flexibility index (Phi) is 5.79. The molecule has 6 heteroatoms. The molecule has 2 fully saturated rings. The Hall–Kier alpha value is -1.40. The number of hydrogen-bond acceptors (Lipinski definition) is 4. The molecule has 0 radical (unpaired) electrons. The topological polar surface area (TPSA) is 44.6 Å². The minimum atomic E-state index is 0.0799. The van der Waals surface area contributed by atoms with E-state index in [4.69, 9.17) is 0 Å². The average Bonchev–Trinajstić information content (AvgIpc) is 3.02. The fourth-order valence-corrected chi connectivity index (χ4v) is 3.99. The second kappa shape index (κ2) is 7.87. The molecule has 1 aromatic rings. The van der Waals surface area contributed by atoms with Crippen molar-refractivity contribution < 1.29 is 4.79 Å². The number of amides is 1. The van der Waals surface area contributed by atoms with E-state index in [1.54, 1.807) is 0 Å². The van der Waals surface area contributed by atoms with E-state index < -0.39 is 0 Å². The summed E-state index contributed by atoms with van der Waals surface area (Å²) in [6.07, 6.45) is 4.37. The molecule has 0 N–H and O–H groups in total. The fraction of sp³-hybridized carbons (Fsp3) is 0.789. The minimum absolute atomic E-state index is 0.0799. The van der Waals surface area contributed by atoms with E-state index in [-0.39, 0.29) is 5.91 Å². The van der Waals surface area contributed by atoms with E-state index in [0.717, 1.165) is 26.2 Å². The van der Waals surface area contributed by atoms with Crippen molar-refractivity contribution in [1.82, 2.24) is 24.5 Å². The number of rotatable bonds is 6. The third-order valence-corrected chi connectivity index (χ3v) is 5.54. The number of carbonyl (C=O) groups is 1. The summed E-state index contributed by atoms with van der Waals surface area (Å²) in [5.74, 6) is 0.737. The number of carbonyl (C=O) groups excluding carboxylic acids is 1. The van der Waals surface area contributed by atoms with Crippen molar-refractivity contribution in [2.24, 2.45) is 5.92 Å². The number of piperidine rings is 1. The van der Waals surface area contributed by atoms with Crippen LogP contribution in [0.15, 0.2) is 12.3 Å². The maximum Gasteiger partial charge on any atom is 0.274 e. The second-order valence-corrected chi connectivity index (χ2v) is 8.05. The van der Waals surface area contributed by atoms with E-state index in [9.17, 15) is 4.79 Å². The largest absolute Gasteiger partial charge is 0.334 e. The average molecular weight is 348 g/mol. The molecule has 3 heterocycles. The van der Waals surface area contributed by atoms with Crippen LogP contribution in [0, 0.1) is 5.92 Å². The maximum atomic E-state index is 12.6. The molecule has 25 heavy (non-hydrogen) atoms. The van der Waals surface area contributed by atoms with Gasteiger partial charge in [-0.25, -0.2) is 0 Å². The van der Waals surface area contributed by atoms with Crippen LogP contribution in [0.1, 0.15) is 44.1 Å². The van der Waals surface area contributed by atoms with Crippen LogP contribution in [-0.4, -0.2) is 82.2 Å². The fourth-order valence-electron chi connectivity index (χ4n) is 3.99. The maximum absolute atomic E-state index is 12.6. The van der Waals surface area contributed by atoms with Gasteiger partial charge in [-0.1, -0.05) is 13.8 Å². The van der Waals surface area contributed by atoms with Crippen LogP contribution in [0.2, 0.25) is 0 Å². The molecule has 0 bridgehead atoms. The third kappa shape index (κ3) is 4.23. The molecule has 0 aliphatic carbocycles. The highest BCUT2D eigenvalue weighted by Gasteiger charge is 2.39. The first kappa shape index (κ1) is 18.4. The molecule has 0 unspecified atom stereocenters. The SMILES string of the molecule is CCn1ccc(C(=O)N2CC(N(CC(C)C)C3CCN(C)CC3)C2)n1. The van der Waals surface area contributed by atoms with Crippen LogP contribution < -0.4 is 0 Å². The molecule has 2 saturated heterocycles. The molecule has 140 valence electrons. The lowest BCUT2D eigenvalue weighted by Gasteiger charge is -2.50. The zero-order chi connectivity index (χ0) is 18.0. The first-order valence-corrected chi connectivity index (χ1v) is 9.75. The van der Waals surface area contributed by atoms with E-state index in [0.29, 0.717) is 23.7 Å². The second-order valence-electron chi connectivity index (χ2n) is 8.05. The number of likely N-dealkylation sites (tertiary alicyclic amines) is 2. The van der Waals surface area contributed by atoms with Crippen LogP contribution in [0.25, 0.3) is 0 Å². The van der Waals surface area contributed by atoms with Gasteiger partial charge >= 0.3 is 0 Å². The summed E-state index contributed by atoms with van der Waals surface area (Å²) in [4.78, 5) is 19.7. The van der Waals surface area contributed by atoms with Crippen LogP contribution in [0.5, 0.6) is 0 Å². The molecule has 1 amide bonds. The predicted molar refractivity (Wildman–Crippen MR) is 99.7 cm³/mol. The molecular formula is C19H33N5O. The quantitative estimate of drug-likeness (QED) is 0.787. The van der Waals surface area contributed by atoms with Gasteiger partial charge in [0.25, 0.3) is 5.91 Å². The van der Waals surface area contributed by atoms with Gasteiger partial charge in [0.2, 0.25) is 0 Å². The smallest absolute Gasteiger partial charge is 0.274 e. The van der Waals surface area contributed by atoms with Crippen LogP contribution >= 0.6 is 0 Å². The van der Waals surface area contributed by atoms with E-state index in [1.807, 2.05) is 28.8 Å². The lowest BCUT2D eigenvalue weighted by Crippen LogP contribution is -2.64. The lowest BCUT2D eigenvalue weighted by atomic mass is 9.96. The highest BCUT2D eigenvalue weighted by atomic mass is 16.2. The molecule has 1 aromatic heterocycles. The van der Waals surface area contributed by atoms with Gasteiger partial charge in [0.05, 0.1) is 0 Å². The highest BCUT2D eigenvalue weighted by Crippen LogP contribution is 2.25. The van der Waals surface area contributed by atoms with Crippen molar-refractivity contribution in [2.45, 2.75) is 52.2 Å². The molecule has 0 spiro atoms. The molecule has 0 atom stereocenters. The Balaban J connectivity index is 1.58. The van der Waals surface area contributed by atoms with Crippen molar-refractivity contribution in [1.29, 1.82) is 0 Å². The van der Waals surface area contributed by atoms with Crippen molar-refractivity contribution >= 4 is 5.91 Å². The summed E-state index contributed by atoms with van der Waals surface area (Å²) >= 11 is 0. The van der Waals surface area contributed by atoms with Gasteiger partial charge in [0.1, 0.15) is 5.69 Å². The summed E-state index contributed by atoms with van der Waals surface area (Å²) in [5.41, 5.74) is 0.579. The molecule has 6 nitrogen and oxygen atoms in total. The third-order valence-electron chi connectivity index (χ3n) is 5.54. The molecule has 2 aliphatic rings. The van der Waals surface area contributed by atoms with Gasteiger partial charge < -0.3 is 9.80 Å². The standard InChI is InChI=1S/C19H33N5O/c1-5-23-11-8-18(20-23)19(25)22-13-17(14-22)24(12-15(2)3)16-6-9-21(4)10-7-16/h8,11,15-17H,5-7,9-10,12-14H2,1-4H3. The summed E-state index contributed by atoms with van der Waals surface area (Å²) in [7, 11) is 2.21. The van der Waals surface area contributed by atoms with Gasteiger partial charge in [-0.05, 0) is 51.9 Å². The van der Waals surface area contributed by atoms with E-state index in [1.165, 1.54) is 25.9 Å². The molecule has 2 aliphatic heterocycles. The van der Waals surface area contributed by atoms with Crippen molar-refractivity contribution in [3.05, 3.63) is 18.0 Å². The van der Waals surface area contributed by atoms with Crippen LogP contribution in [-0.2, 0) is 6.54 Å². The zero-order valence-corrected chi connectivity index (χ0v) is 16.2. The molecule has 0 saturated carbocycles. The first-order valence-electron chi connectivity index (χ1n) is 9.75. The van der Waals surface area contributed by atoms with E-state index >= 15 is 0 Å². The van der Waals surface area contributed by atoms with Gasteiger partial charge in [-0.2, -0.15) is 5.10 Å². The Morgan fingerprint density at radius 2 is 1.96 bits per heavy atom. The van der Waals surface area contributed by atoms with Crippen molar-refractivity contribution in [3.8, 4) is 0 Å². The predicted octanol–water partition coefficient (Wildman–Crippen LogP) is 1.78. The highest BCUT2D eigenvalue weighted by molar-refractivity contribution is 5.92. The van der Waals surface area contributed by atoms with Gasteiger partial charge in [-0.15, -0.1) is 0 Å². The normalized spacial score (nSPS) is 20.5. The van der Waals surface area contributed by atoms with Crippen LogP contribution in [0.4, 0.5) is 0 Å². The lowest BCUT2D eigenvalue weighted by molar-refractivity contribution is -0.00829. The monoisotopic (exact) mass is 347 g/mol. The van der Waals surface area contributed by atoms with Crippen molar-refractivity contribution in [3.63, 3.8) is 0 Å². The van der Waals surface area contributed by atoms with Gasteiger partial charge in [0, 0.05) is 44.5 Å². The van der Waals surface area contributed by atoms with Gasteiger partial charge in [0.15, 0.2) is 0 Å². The van der Waals surface area contributed by atoms with Crippen molar-refractivity contribution in [2.75, 3.05) is 39.8 Å². The number of aromatic nitrogens is 2. The summed E-state index contributed by atoms with van der Waals surface area (Å²) < 4.78 is 1.81. The molecular weight excluding hydrogens is 314 g/mol. The summed E-state index contributed by atoms with van der Waals surface area (Å²) in [5, 5.41) is 4.35. The Bertz CT molecular complexity index is 570. The minimum Gasteiger partial charge on any atom is -0.334 e. The van der Waals surface area contributed by atoms with E-state index in [2.05, 4.69) is 35.8 Å². The molecule has 3 rings (SSSR count). The Labute approximate surface area is 151 Å². The number of hydrogen-bond donors (Lipinski definition) is 0. The summed E-state index contributed by atoms with van der Waals surface area (Å²) in [6.45, 7) is 12.6. The summed E-state index contributed by atoms with van der Waals surface area (Å²) in [6, 6.07) is 3.01. The first-order chi connectivity index (χ1) is 12.0. The number of aryl methyl sites for hydroxylation is 1. The zero-order valence-electron chi connectivity index (χ0n) is 16.2. The van der Waals surface area contributed by atoms with Crippen LogP contribution in [0.3, 0.4) is 0 Å². The van der Waals surface area contributed by atoms with Gasteiger partial charge in [-0.3, -0.25) is 14.4 Å². The number of nitrogens with zero attached hydrogens (tertiary/aromatic N) is 5. The Morgan fingerprint density at radius 3 is 2.52 bits per heavy atom. The molecule has 0 aromatic carbocycles.